The molecular weight excluding hydrogens is 324 g/mol. The highest BCUT2D eigenvalue weighted by Gasteiger charge is 2.07. The molecule has 0 aromatic heterocycles. The number of rotatable bonds is 5. The lowest BCUT2D eigenvalue weighted by molar-refractivity contribution is 1.05. The van der Waals surface area contributed by atoms with Crippen molar-refractivity contribution in [2.75, 3.05) is 24.3 Å². The SMILES string of the molecule is CN(C)c1ccc(CNc2c#cc(C(=N)N=NN)cc2)c2c1=CCCC=2. The van der Waals surface area contributed by atoms with Crippen LogP contribution in [0.25, 0.3) is 12.2 Å². The molecule has 6 heteroatoms. The van der Waals surface area contributed by atoms with Gasteiger partial charge in [0.2, 0.25) is 0 Å². The van der Waals surface area contributed by atoms with Crippen LogP contribution in [0.1, 0.15) is 24.0 Å². The Hall–Kier alpha value is -3.33. The fourth-order valence-electron chi connectivity index (χ4n) is 3.05. The van der Waals surface area contributed by atoms with Crippen LogP contribution in [-0.2, 0) is 6.54 Å². The zero-order valence-electron chi connectivity index (χ0n) is 15.0. The van der Waals surface area contributed by atoms with Crippen molar-refractivity contribution in [3.63, 3.8) is 0 Å². The number of fused-ring (bicyclic) bond motifs is 1. The Labute approximate surface area is 153 Å². The smallest absolute Gasteiger partial charge is 0.184 e. The van der Waals surface area contributed by atoms with Gasteiger partial charge in [0.1, 0.15) is 0 Å². The summed E-state index contributed by atoms with van der Waals surface area (Å²) in [5, 5.41) is 20.3. The predicted octanol–water partition coefficient (Wildman–Crippen LogP) is 1.97. The molecule has 0 bridgehead atoms. The van der Waals surface area contributed by atoms with Crippen LogP contribution in [0.3, 0.4) is 0 Å². The Morgan fingerprint density at radius 2 is 1.92 bits per heavy atom. The first-order valence-electron chi connectivity index (χ1n) is 8.47. The van der Waals surface area contributed by atoms with Crippen LogP contribution < -0.4 is 26.5 Å². The van der Waals surface area contributed by atoms with Gasteiger partial charge in [-0.3, -0.25) is 5.41 Å². The van der Waals surface area contributed by atoms with Gasteiger partial charge < -0.3 is 16.1 Å². The third-order valence-electron chi connectivity index (χ3n) is 4.33. The lowest BCUT2D eigenvalue weighted by Gasteiger charge is -2.17. The van der Waals surface area contributed by atoms with E-state index in [-0.39, 0.29) is 5.84 Å². The van der Waals surface area contributed by atoms with Gasteiger partial charge in [-0.25, -0.2) is 0 Å². The van der Waals surface area contributed by atoms with Crippen molar-refractivity contribution in [2.45, 2.75) is 19.4 Å². The normalized spacial score (nSPS) is 12.5. The average molecular weight is 346 g/mol. The molecule has 4 N–H and O–H groups in total. The Morgan fingerprint density at radius 1 is 1.15 bits per heavy atom. The van der Waals surface area contributed by atoms with E-state index in [0.29, 0.717) is 12.1 Å². The molecule has 0 heterocycles. The van der Waals surface area contributed by atoms with Crippen LogP contribution in [0, 0.1) is 17.5 Å². The topological polar surface area (TPSA) is 89.9 Å². The molecule has 0 aliphatic heterocycles. The molecule has 0 radical (unpaired) electrons. The van der Waals surface area contributed by atoms with Gasteiger partial charge in [-0.05, 0) is 47.9 Å². The molecule has 0 saturated carbocycles. The molecule has 2 aromatic carbocycles. The van der Waals surface area contributed by atoms with Crippen molar-refractivity contribution in [1.82, 2.24) is 0 Å². The van der Waals surface area contributed by atoms with Crippen LogP contribution in [-0.4, -0.2) is 19.9 Å². The highest BCUT2D eigenvalue weighted by Crippen LogP contribution is 2.10. The van der Waals surface area contributed by atoms with E-state index in [9.17, 15) is 0 Å². The molecule has 1 aliphatic rings. The van der Waals surface area contributed by atoms with E-state index < -0.39 is 0 Å². The summed E-state index contributed by atoms with van der Waals surface area (Å²) in [5.74, 6) is 4.93. The minimum atomic E-state index is -0.0335. The van der Waals surface area contributed by atoms with E-state index in [2.05, 4.69) is 71.1 Å². The number of nitrogens with two attached hydrogens (primary N) is 1. The van der Waals surface area contributed by atoms with Gasteiger partial charge >= 0.3 is 0 Å². The van der Waals surface area contributed by atoms with E-state index in [4.69, 9.17) is 11.3 Å². The number of amidine groups is 1. The van der Waals surface area contributed by atoms with Gasteiger partial charge in [0.15, 0.2) is 5.84 Å². The first-order valence-corrected chi connectivity index (χ1v) is 8.47. The second kappa shape index (κ2) is 7.70. The van der Waals surface area contributed by atoms with Crippen LogP contribution in [0.5, 0.6) is 0 Å². The Kier molecular flexibility index (Phi) is 5.18. The molecule has 0 atom stereocenters. The lowest BCUT2D eigenvalue weighted by Crippen LogP contribution is -2.35. The number of nitrogens with zero attached hydrogens (tertiary/aromatic N) is 3. The highest BCUT2D eigenvalue weighted by molar-refractivity contribution is 5.96. The summed E-state index contributed by atoms with van der Waals surface area (Å²) < 4.78 is 0. The highest BCUT2D eigenvalue weighted by atomic mass is 15.3. The van der Waals surface area contributed by atoms with Gasteiger partial charge in [-0.1, -0.05) is 29.5 Å². The lowest BCUT2D eigenvalue weighted by atomic mass is 10.0. The number of anilines is 2. The summed E-state index contributed by atoms with van der Waals surface area (Å²) in [6, 6.07) is 13.9. The van der Waals surface area contributed by atoms with Crippen LogP contribution in [0.4, 0.5) is 11.4 Å². The van der Waals surface area contributed by atoms with Crippen molar-refractivity contribution < 1.29 is 0 Å². The maximum Gasteiger partial charge on any atom is 0.184 e. The maximum absolute atomic E-state index is 7.67. The molecule has 6 nitrogen and oxygen atoms in total. The van der Waals surface area contributed by atoms with Crippen molar-refractivity contribution in [3.05, 3.63) is 58.0 Å². The summed E-state index contributed by atoms with van der Waals surface area (Å²) in [6.07, 6.45) is 6.79. The summed E-state index contributed by atoms with van der Waals surface area (Å²) in [6.45, 7) is 0.698. The van der Waals surface area contributed by atoms with E-state index in [0.717, 1.165) is 18.5 Å². The van der Waals surface area contributed by atoms with Crippen LogP contribution in [0.15, 0.2) is 34.6 Å². The third kappa shape index (κ3) is 3.67. The Morgan fingerprint density at radius 3 is 2.58 bits per heavy atom. The van der Waals surface area contributed by atoms with E-state index >= 15 is 0 Å². The summed E-state index contributed by atoms with van der Waals surface area (Å²) in [7, 11) is 4.15. The van der Waals surface area contributed by atoms with Crippen molar-refractivity contribution in [2.24, 2.45) is 16.2 Å². The standard InChI is InChI=1S/C20H22N6/c1-26(2)19-12-9-15(17-5-3-4-6-18(17)19)13-23-16-10-7-14(8-11-16)20(21)24-25-22/h5-7,9-10,12,23H,3-4,13H2,1-2H3,(H3,21,22,24). The zero-order chi connectivity index (χ0) is 18.5. The molecule has 0 fully saturated rings. The molecule has 3 rings (SSSR count). The number of benzene rings is 1. The molecule has 0 spiro atoms. The largest absolute Gasteiger partial charge is 0.377 e. The zero-order valence-corrected chi connectivity index (χ0v) is 15.0. The predicted molar refractivity (Wildman–Crippen MR) is 105 cm³/mol. The van der Waals surface area contributed by atoms with Crippen LogP contribution >= 0.6 is 0 Å². The quantitative estimate of drug-likeness (QED) is 0.254. The minimum Gasteiger partial charge on any atom is -0.377 e. The molecular formula is C20H22N6. The fraction of sp³-hybridized carbons (Fsp3) is 0.250. The molecule has 132 valence electrons. The summed E-state index contributed by atoms with van der Waals surface area (Å²) in [4.78, 5) is 2.15. The molecule has 0 saturated heterocycles. The summed E-state index contributed by atoms with van der Waals surface area (Å²) in [5.41, 5.74) is 3.82. The second-order valence-corrected chi connectivity index (χ2v) is 6.28. The van der Waals surface area contributed by atoms with Gasteiger partial charge in [0.05, 0.1) is 11.3 Å². The van der Waals surface area contributed by atoms with Gasteiger partial charge in [0.25, 0.3) is 0 Å². The summed E-state index contributed by atoms with van der Waals surface area (Å²) >= 11 is 0. The van der Waals surface area contributed by atoms with Gasteiger partial charge in [-0.15, -0.1) is 5.11 Å². The molecule has 2 aromatic rings. The van der Waals surface area contributed by atoms with Crippen molar-refractivity contribution in [3.8, 4) is 0 Å². The number of hydrogen-bond donors (Lipinski definition) is 3. The number of nitrogens with one attached hydrogen (secondary N) is 2. The van der Waals surface area contributed by atoms with Gasteiger partial charge in [-0.2, -0.15) is 0 Å². The Bertz CT molecular complexity index is 942. The monoisotopic (exact) mass is 346 g/mol. The van der Waals surface area contributed by atoms with Crippen molar-refractivity contribution >= 4 is 29.4 Å². The third-order valence-corrected chi connectivity index (χ3v) is 4.33. The van der Waals surface area contributed by atoms with E-state index in [1.165, 1.54) is 21.7 Å². The molecule has 0 unspecified atom stereocenters. The van der Waals surface area contributed by atoms with Crippen molar-refractivity contribution in [1.29, 1.82) is 5.41 Å². The molecule has 1 aliphatic carbocycles. The minimum absolute atomic E-state index is 0.0335. The first-order chi connectivity index (χ1) is 12.6. The fourth-order valence-corrected chi connectivity index (χ4v) is 3.05. The number of hydrogen-bond acceptors (Lipinski definition) is 4. The van der Waals surface area contributed by atoms with E-state index in [1.807, 2.05) is 6.07 Å². The maximum atomic E-state index is 7.67. The average Bonchev–Trinajstić information content (AvgIpc) is 2.66. The van der Waals surface area contributed by atoms with E-state index in [1.54, 1.807) is 6.07 Å². The molecule has 0 amide bonds. The second-order valence-electron chi connectivity index (χ2n) is 6.28. The van der Waals surface area contributed by atoms with Crippen LogP contribution in [0.2, 0.25) is 0 Å². The first kappa shape index (κ1) is 17.5. The van der Waals surface area contributed by atoms with Gasteiger partial charge in [0, 0.05) is 31.5 Å². The Balaban J connectivity index is 1.80. The molecule has 26 heavy (non-hydrogen) atoms.